The molecule has 1 aromatic carbocycles. The Balaban J connectivity index is 2.00. The van der Waals surface area contributed by atoms with Crippen LogP contribution in [-0.4, -0.2) is 15.0 Å². The molecule has 0 atom stereocenters. The third-order valence-corrected chi connectivity index (χ3v) is 4.35. The number of aromatic nitrogens is 3. The van der Waals surface area contributed by atoms with E-state index in [-0.39, 0.29) is 0 Å². The van der Waals surface area contributed by atoms with E-state index < -0.39 is 0 Å². The first-order chi connectivity index (χ1) is 10.2. The summed E-state index contributed by atoms with van der Waals surface area (Å²) in [6, 6.07) is 8.22. The Hall–Kier alpha value is -2.00. The fourth-order valence-corrected chi connectivity index (χ4v) is 2.79. The van der Waals surface area contributed by atoms with Crippen LogP contribution in [0.4, 0.5) is 0 Å². The van der Waals surface area contributed by atoms with E-state index in [1.807, 2.05) is 31.5 Å². The van der Waals surface area contributed by atoms with Crippen LogP contribution in [-0.2, 0) is 0 Å². The van der Waals surface area contributed by atoms with Gasteiger partial charge in [-0.05, 0) is 31.2 Å². The number of halogens is 1. The first-order valence-electron chi connectivity index (χ1n) is 7.11. The average Bonchev–Trinajstić information content (AvgIpc) is 3.34. The molecule has 0 radical (unpaired) electrons. The van der Waals surface area contributed by atoms with E-state index in [0.717, 1.165) is 46.3 Å². The molecule has 3 aromatic rings. The van der Waals surface area contributed by atoms with Crippen molar-refractivity contribution in [3.63, 3.8) is 0 Å². The van der Waals surface area contributed by atoms with E-state index in [4.69, 9.17) is 16.6 Å². The summed E-state index contributed by atoms with van der Waals surface area (Å²) in [5.74, 6) is 1.36. The smallest absolute Gasteiger partial charge is 0.136 e. The highest BCUT2D eigenvalue weighted by Crippen LogP contribution is 2.40. The summed E-state index contributed by atoms with van der Waals surface area (Å²) in [7, 11) is 0. The van der Waals surface area contributed by atoms with Gasteiger partial charge in [0.15, 0.2) is 0 Å². The van der Waals surface area contributed by atoms with Crippen molar-refractivity contribution in [3.8, 4) is 11.3 Å². The van der Waals surface area contributed by atoms with Gasteiger partial charge >= 0.3 is 0 Å². The molecule has 4 rings (SSSR count). The molecule has 3 nitrogen and oxygen atoms in total. The molecule has 0 aliphatic heterocycles. The van der Waals surface area contributed by atoms with Crippen molar-refractivity contribution in [1.29, 1.82) is 0 Å². The van der Waals surface area contributed by atoms with Crippen molar-refractivity contribution in [1.82, 2.24) is 15.0 Å². The molecule has 0 unspecified atom stereocenters. The molecule has 0 N–H and O–H groups in total. The Morgan fingerprint density at radius 3 is 2.81 bits per heavy atom. The number of rotatable bonds is 2. The molecule has 104 valence electrons. The third kappa shape index (κ3) is 2.18. The first kappa shape index (κ1) is 12.7. The molecule has 1 aliphatic rings. The SMILES string of the molecule is Cc1c(Cl)nc(C2CC2)nc1-c1cccc2ccncc12. The van der Waals surface area contributed by atoms with Crippen molar-refractivity contribution in [2.45, 2.75) is 25.7 Å². The minimum Gasteiger partial charge on any atom is -0.264 e. The fourth-order valence-electron chi connectivity index (χ4n) is 2.61. The van der Waals surface area contributed by atoms with Gasteiger partial charge in [-0.25, -0.2) is 9.97 Å². The average molecular weight is 296 g/mol. The zero-order chi connectivity index (χ0) is 14.4. The van der Waals surface area contributed by atoms with Crippen molar-refractivity contribution in [2.24, 2.45) is 0 Å². The zero-order valence-corrected chi connectivity index (χ0v) is 12.4. The lowest BCUT2D eigenvalue weighted by Gasteiger charge is -2.11. The summed E-state index contributed by atoms with van der Waals surface area (Å²) in [5.41, 5.74) is 2.93. The van der Waals surface area contributed by atoms with Gasteiger partial charge in [0, 0.05) is 34.8 Å². The molecule has 0 saturated heterocycles. The highest BCUT2D eigenvalue weighted by molar-refractivity contribution is 6.30. The predicted molar refractivity (Wildman–Crippen MR) is 84.5 cm³/mol. The highest BCUT2D eigenvalue weighted by Gasteiger charge is 2.28. The molecule has 1 saturated carbocycles. The van der Waals surface area contributed by atoms with Crippen molar-refractivity contribution < 1.29 is 0 Å². The molecular formula is C17H14ClN3. The van der Waals surface area contributed by atoms with Crippen LogP contribution >= 0.6 is 11.6 Å². The van der Waals surface area contributed by atoms with Crippen molar-refractivity contribution >= 4 is 22.4 Å². The molecule has 21 heavy (non-hydrogen) atoms. The zero-order valence-electron chi connectivity index (χ0n) is 11.7. The quantitative estimate of drug-likeness (QED) is 0.652. The maximum absolute atomic E-state index is 6.33. The lowest BCUT2D eigenvalue weighted by Crippen LogP contribution is -2.00. The molecule has 2 heterocycles. The van der Waals surface area contributed by atoms with Gasteiger partial charge in [0.05, 0.1) is 5.69 Å². The minimum atomic E-state index is 0.481. The Morgan fingerprint density at radius 1 is 1.14 bits per heavy atom. The summed E-state index contributed by atoms with van der Waals surface area (Å²) in [4.78, 5) is 13.5. The van der Waals surface area contributed by atoms with Crippen molar-refractivity contribution in [2.75, 3.05) is 0 Å². The number of nitrogens with zero attached hydrogens (tertiary/aromatic N) is 3. The van der Waals surface area contributed by atoms with Gasteiger partial charge in [-0.2, -0.15) is 0 Å². The van der Waals surface area contributed by atoms with Gasteiger partial charge in [0.1, 0.15) is 11.0 Å². The van der Waals surface area contributed by atoms with Crippen LogP contribution in [0.3, 0.4) is 0 Å². The molecule has 0 bridgehead atoms. The van der Waals surface area contributed by atoms with E-state index in [1.165, 1.54) is 0 Å². The Morgan fingerprint density at radius 2 is 2.00 bits per heavy atom. The topological polar surface area (TPSA) is 38.7 Å². The van der Waals surface area contributed by atoms with E-state index in [0.29, 0.717) is 11.1 Å². The van der Waals surface area contributed by atoms with Gasteiger partial charge in [-0.15, -0.1) is 0 Å². The van der Waals surface area contributed by atoms with E-state index in [1.54, 1.807) is 0 Å². The summed E-state index contributed by atoms with van der Waals surface area (Å²) >= 11 is 6.33. The number of pyridine rings is 1. The first-order valence-corrected chi connectivity index (χ1v) is 7.49. The van der Waals surface area contributed by atoms with Gasteiger partial charge in [0.25, 0.3) is 0 Å². The molecule has 4 heteroatoms. The van der Waals surface area contributed by atoms with Crippen LogP contribution in [0, 0.1) is 6.92 Å². The predicted octanol–water partition coefficient (Wildman–Crippen LogP) is 4.53. The summed E-state index contributed by atoms with van der Waals surface area (Å²) < 4.78 is 0. The Kier molecular flexibility index (Phi) is 2.89. The van der Waals surface area contributed by atoms with Gasteiger partial charge in [0.2, 0.25) is 0 Å². The molecule has 0 spiro atoms. The number of benzene rings is 1. The number of hydrogen-bond acceptors (Lipinski definition) is 3. The minimum absolute atomic E-state index is 0.481. The number of fused-ring (bicyclic) bond motifs is 1. The lowest BCUT2D eigenvalue weighted by atomic mass is 10.0. The molecule has 1 aliphatic carbocycles. The third-order valence-electron chi connectivity index (χ3n) is 3.98. The van der Waals surface area contributed by atoms with E-state index >= 15 is 0 Å². The lowest BCUT2D eigenvalue weighted by molar-refractivity contribution is 0.922. The standard InChI is InChI=1S/C17H14ClN3/c1-10-15(20-17(12-5-6-12)21-16(10)18)13-4-2-3-11-7-8-19-9-14(11)13/h2-4,7-9,12H,5-6H2,1H3. The summed E-state index contributed by atoms with van der Waals surface area (Å²) in [5, 5.41) is 2.81. The molecule has 0 amide bonds. The maximum Gasteiger partial charge on any atom is 0.136 e. The second kappa shape index (κ2) is 4.78. The summed E-state index contributed by atoms with van der Waals surface area (Å²) in [6.07, 6.45) is 6.02. The normalized spacial score (nSPS) is 14.6. The largest absolute Gasteiger partial charge is 0.264 e. The Bertz CT molecular complexity index is 835. The number of hydrogen-bond donors (Lipinski definition) is 0. The van der Waals surface area contributed by atoms with E-state index in [9.17, 15) is 0 Å². The van der Waals surface area contributed by atoms with Crippen LogP contribution in [0.1, 0.15) is 30.1 Å². The summed E-state index contributed by atoms with van der Waals surface area (Å²) in [6.45, 7) is 1.98. The second-order valence-corrected chi connectivity index (χ2v) is 5.88. The highest BCUT2D eigenvalue weighted by atomic mass is 35.5. The van der Waals surface area contributed by atoms with Gasteiger partial charge in [-0.1, -0.05) is 29.8 Å². The van der Waals surface area contributed by atoms with Gasteiger partial charge in [-0.3, -0.25) is 4.98 Å². The Labute approximate surface area is 128 Å². The van der Waals surface area contributed by atoms with Crippen LogP contribution < -0.4 is 0 Å². The van der Waals surface area contributed by atoms with E-state index in [2.05, 4.69) is 22.1 Å². The van der Waals surface area contributed by atoms with Crippen LogP contribution in [0.15, 0.2) is 36.7 Å². The van der Waals surface area contributed by atoms with Crippen LogP contribution in [0.25, 0.3) is 22.0 Å². The maximum atomic E-state index is 6.33. The fraction of sp³-hybridized carbons (Fsp3) is 0.235. The monoisotopic (exact) mass is 295 g/mol. The van der Waals surface area contributed by atoms with Gasteiger partial charge < -0.3 is 0 Å². The molecule has 2 aromatic heterocycles. The molecule has 1 fully saturated rings. The second-order valence-electron chi connectivity index (χ2n) is 5.52. The molecular weight excluding hydrogens is 282 g/mol. The van der Waals surface area contributed by atoms with Crippen molar-refractivity contribution in [3.05, 3.63) is 53.2 Å². The van der Waals surface area contributed by atoms with Crippen LogP contribution in [0.5, 0.6) is 0 Å². The van der Waals surface area contributed by atoms with Crippen LogP contribution in [0.2, 0.25) is 5.15 Å².